The van der Waals surface area contributed by atoms with Crippen molar-refractivity contribution in [3.8, 4) is 22.9 Å². The molecule has 2 aromatic heterocycles. The lowest BCUT2D eigenvalue weighted by Crippen LogP contribution is -2.31. The van der Waals surface area contributed by atoms with Gasteiger partial charge in [-0.15, -0.1) is 0 Å². The molecule has 0 saturated carbocycles. The molecule has 1 saturated heterocycles. The number of benzene rings is 1. The third-order valence-electron chi connectivity index (χ3n) is 5.24. The van der Waals surface area contributed by atoms with Crippen molar-refractivity contribution in [3.05, 3.63) is 42.4 Å². The second-order valence-electron chi connectivity index (χ2n) is 7.23. The lowest BCUT2D eigenvalue weighted by atomic mass is 9.98. The van der Waals surface area contributed by atoms with Gasteiger partial charge in [0.05, 0.1) is 19.3 Å². The largest absolute Gasteiger partial charge is 0.394 e. The highest BCUT2D eigenvalue weighted by atomic mass is 16.3. The van der Waals surface area contributed by atoms with Gasteiger partial charge in [-0.05, 0) is 26.4 Å². The molecule has 1 aromatic carbocycles. The SMILES string of the molecule is CN1CCCC(c2nc(-c3cnc(-c4ccccc4)n3C)n(CCO)n2)C1. The molecule has 3 aromatic rings. The van der Waals surface area contributed by atoms with Crippen LogP contribution in [0.4, 0.5) is 0 Å². The zero-order valence-electron chi connectivity index (χ0n) is 15.9. The molecular formula is C20H26N6O. The average Bonchev–Trinajstić information content (AvgIpc) is 3.26. The number of rotatable bonds is 5. The number of likely N-dealkylation sites (tertiary alicyclic amines) is 1. The minimum absolute atomic E-state index is 0.0315. The van der Waals surface area contributed by atoms with Gasteiger partial charge in [0.1, 0.15) is 11.5 Å². The van der Waals surface area contributed by atoms with Crippen molar-refractivity contribution in [2.75, 3.05) is 26.7 Å². The highest BCUT2D eigenvalue weighted by Gasteiger charge is 2.25. The van der Waals surface area contributed by atoms with Crippen LogP contribution in [-0.2, 0) is 13.6 Å². The third kappa shape index (κ3) is 3.52. The molecule has 1 unspecified atom stereocenters. The second kappa shape index (κ2) is 7.62. The molecule has 142 valence electrons. The standard InChI is InChI=1S/C20H26N6O/c1-24-10-6-9-16(14-24)18-22-20(26(23-18)11-12-27)17-13-21-19(25(17)2)15-7-4-3-5-8-15/h3-5,7-8,13,16,27H,6,9-12,14H2,1-2H3. The number of nitrogens with zero attached hydrogens (tertiary/aromatic N) is 6. The first-order chi connectivity index (χ1) is 13.2. The predicted octanol–water partition coefficient (Wildman–Crippen LogP) is 2.15. The van der Waals surface area contributed by atoms with E-state index in [1.165, 1.54) is 0 Å². The molecule has 1 atom stereocenters. The van der Waals surface area contributed by atoms with Gasteiger partial charge in [0.2, 0.25) is 0 Å². The first-order valence-corrected chi connectivity index (χ1v) is 9.49. The summed E-state index contributed by atoms with van der Waals surface area (Å²) < 4.78 is 3.86. The maximum Gasteiger partial charge on any atom is 0.176 e. The molecule has 1 aliphatic heterocycles. The molecule has 1 fully saturated rings. The van der Waals surface area contributed by atoms with Crippen LogP contribution < -0.4 is 0 Å². The van der Waals surface area contributed by atoms with Crippen molar-refractivity contribution >= 4 is 0 Å². The highest BCUT2D eigenvalue weighted by Crippen LogP contribution is 2.28. The molecule has 1 N–H and O–H groups in total. The predicted molar refractivity (Wildman–Crippen MR) is 104 cm³/mol. The van der Waals surface area contributed by atoms with Gasteiger partial charge in [-0.2, -0.15) is 5.10 Å². The Hall–Kier alpha value is -2.51. The maximum absolute atomic E-state index is 9.49. The van der Waals surface area contributed by atoms with Gasteiger partial charge in [-0.3, -0.25) is 0 Å². The lowest BCUT2D eigenvalue weighted by Gasteiger charge is -2.27. The van der Waals surface area contributed by atoms with E-state index in [-0.39, 0.29) is 6.61 Å². The quantitative estimate of drug-likeness (QED) is 0.749. The van der Waals surface area contributed by atoms with Crippen molar-refractivity contribution < 1.29 is 5.11 Å². The zero-order chi connectivity index (χ0) is 18.8. The average molecular weight is 366 g/mol. The Morgan fingerprint density at radius 1 is 1.15 bits per heavy atom. The summed E-state index contributed by atoms with van der Waals surface area (Å²) in [7, 11) is 4.14. The molecular weight excluding hydrogens is 340 g/mol. The monoisotopic (exact) mass is 366 g/mol. The van der Waals surface area contributed by atoms with E-state index in [1.807, 2.05) is 52.8 Å². The first kappa shape index (κ1) is 17.9. The molecule has 3 heterocycles. The van der Waals surface area contributed by atoms with Crippen LogP contribution in [-0.4, -0.2) is 61.1 Å². The van der Waals surface area contributed by atoms with E-state index < -0.39 is 0 Å². The smallest absolute Gasteiger partial charge is 0.176 e. The van der Waals surface area contributed by atoms with Gasteiger partial charge in [-0.1, -0.05) is 30.3 Å². The van der Waals surface area contributed by atoms with Crippen LogP contribution in [0, 0.1) is 0 Å². The van der Waals surface area contributed by atoms with Crippen molar-refractivity contribution in [2.45, 2.75) is 25.3 Å². The summed E-state index contributed by atoms with van der Waals surface area (Å²) >= 11 is 0. The normalized spacial score (nSPS) is 18.1. The summed E-state index contributed by atoms with van der Waals surface area (Å²) in [5, 5.41) is 14.2. The Morgan fingerprint density at radius 2 is 1.96 bits per heavy atom. The van der Waals surface area contributed by atoms with Crippen LogP contribution in [0.3, 0.4) is 0 Å². The van der Waals surface area contributed by atoms with Gasteiger partial charge in [0, 0.05) is 25.1 Å². The van der Waals surface area contributed by atoms with Crippen LogP contribution in [0.1, 0.15) is 24.6 Å². The Bertz CT molecular complexity index is 901. The fraction of sp³-hybridized carbons (Fsp3) is 0.450. The molecule has 4 rings (SSSR count). The van der Waals surface area contributed by atoms with Crippen LogP contribution >= 0.6 is 0 Å². The van der Waals surface area contributed by atoms with Crippen LogP contribution in [0.2, 0.25) is 0 Å². The van der Waals surface area contributed by atoms with Gasteiger partial charge >= 0.3 is 0 Å². The van der Waals surface area contributed by atoms with Gasteiger partial charge in [0.15, 0.2) is 11.6 Å². The van der Waals surface area contributed by atoms with E-state index in [9.17, 15) is 5.11 Å². The van der Waals surface area contributed by atoms with Gasteiger partial charge < -0.3 is 14.6 Å². The lowest BCUT2D eigenvalue weighted by molar-refractivity contribution is 0.244. The minimum atomic E-state index is 0.0315. The summed E-state index contributed by atoms with van der Waals surface area (Å²) in [6.45, 7) is 2.56. The highest BCUT2D eigenvalue weighted by molar-refractivity contribution is 5.61. The number of piperidine rings is 1. The van der Waals surface area contributed by atoms with Crippen LogP contribution in [0.5, 0.6) is 0 Å². The van der Waals surface area contributed by atoms with Crippen molar-refractivity contribution in [1.82, 2.24) is 29.2 Å². The second-order valence-corrected chi connectivity index (χ2v) is 7.23. The fourth-order valence-corrected chi connectivity index (χ4v) is 3.82. The van der Waals surface area contributed by atoms with E-state index in [2.05, 4.69) is 16.9 Å². The molecule has 1 aliphatic rings. The molecule has 0 radical (unpaired) electrons. The Morgan fingerprint density at radius 3 is 2.70 bits per heavy atom. The van der Waals surface area contributed by atoms with Crippen molar-refractivity contribution in [3.63, 3.8) is 0 Å². The molecule has 7 nitrogen and oxygen atoms in total. The third-order valence-corrected chi connectivity index (χ3v) is 5.24. The van der Waals surface area contributed by atoms with Crippen LogP contribution in [0.15, 0.2) is 36.5 Å². The Balaban J connectivity index is 1.72. The van der Waals surface area contributed by atoms with E-state index >= 15 is 0 Å². The van der Waals surface area contributed by atoms with E-state index in [4.69, 9.17) is 10.1 Å². The zero-order valence-corrected chi connectivity index (χ0v) is 15.9. The number of likely N-dealkylation sites (N-methyl/N-ethyl adjacent to an activating group) is 1. The van der Waals surface area contributed by atoms with E-state index in [0.717, 1.165) is 54.7 Å². The summed E-state index contributed by atoms with van der Waals surface area (Å²) in [5.74, 6) is 2.87. The number of imidazole rings is 1. The minimum Gasteiger partial charge on any atom is -0.394 e. The number of aliphatic hydroxyl groups excluding tert-OH is 1. The molecule has 0 spiro atoms. The topological polar surface area (TPSA) is 72.0 Å². The molecule has 0 amide bonds. The Kier molecular flexibility index (Phi) is 5.05. The Labute approximate surface area is 159 Å². The van der Waals surface area contributed by atoms with Gasteiger partial charge in [0.25, 0.3) is 0 Å². The first-order valence-electron chi connectivity index (χ1n) is 9.49. The number of hydrogen-bond donors (Lipinski definition) is 1. The van der Waals surface area contributed by atoms with E-state index in [1.54, 1.807) is 0 Å². The van der Waals surface area contributed by atoms with Crippen molar-refractivity contribution in [1.29, 1.82) is 0 Å². The number of aliphatic hydroxyl groups is 1. The summed E-state index contributed by atoms with van der Waals surface area (Å²) in [6.07, 6.45) is 4.11. The van der Waals surface area contributed by atoms with Crippen LogP contribution in [0.25, 0.3) is 22.9 Å². The fourth-order valence-electron chi connectivity index (χ4n) is 3.82. The van der Waals surface area contributed by atoms with E-state index in [0.29, 0.717) is 12.5 Å². The molecule has 7 heteroatoms. The molecule has 0 bridgehead atoms. The number of aromatic nitrogens is 5. The maximum atomic E-state index is 9.49. The summed E-state index contributed by atoms with van der Waals surface area (Å²) in [4.78, 5) is 11.8. The van der Waals surface area contributed by atoms with Gasteiger partial charge in [-0.25, -0.2) is 14.6 Å². The molecule has 0 aliphatic carbocycles. The van der Waals surface area contributed by atoms with Crippen molar-refractivity contribution in [2.24, 2.45) is 7.05 Å². The number of hydrogen-bond acceptors (Lipinski definition) is 5. The summed E-state index contributed by atoms with van der Waals surface area (Å²) in [5.41, 5.74) is 1.97. The molecule has 27 heavy (non-hydrogen) atoms. The summed E-state index contributed by atoms with van der Waals surface area (Å²) in [6, 6.07) is 10.1.